The molecule has 0 saturated carbocycles. The highest BCUT2D eigenvalue weighted by Crippen LogP contribution is 2.20. The lowest BCUT2D eigenvalue weighted by atomic mass is 10.1. The molecule has 1 aromatic carbocycles. The van der Waals surface area contributed by atoms with Crippen molar-refractivity contribution < 1.29 is 9.63 Å². The van der Waals surface area contributed by atoms with E-state index < -0.39 is 0 Å². The number of para-hydroxylation sites is 1. The fourth-order valence-corrected chi connectivity index (χ4v) is 1.55. The quantitative estimate of drug-likeness (QED) is 0.880. The maximum Gasteiger partial charge on any atom is 0.231 e. The van der Waals surface area contributed by atoms with E-state index in [1.54, 1.807) is 12.1 Å². The molecule has 0 fully saturated rings. The second kappa shape index (κ2) is 4.99. The van der Waals surface area contributed by atoms with Gasteiger partial charge in [0.1, 0.15) is 5.75 Å². The lowest BCUT2D eigenvalue weighted by Gasteiger charge is -2.00. The minimum Gasteiger partial charge on any atom is -0.508 e. The van der Waals surface area contributed by atoms with Gasteiger partial charge in [-0.3, -0.25) is 0 Å². The van der Waals surface area contributed by atoms with Crippen molar-refractivity contribution in [2.24, 2.45) is 0 Å². The van der Waals surface area contributed by atoms with Crippen LogP contribution >= 0.6 is 0 Å². The molecule has 0 saturated heterocycles. The molecule has 2 aromatic rings. The molecule has 0 aliphatic carbocycles. The summed E-state index contributed by atoms with van der Waals surface area (Å²) in [4.78, 5) is 4.33. The maximum absolute atomic E-state index is 9.64. The summed E-state index contributed by atoms with van der Waals surface area (Å²) in [5.41, 5.74) is 0.798. The Morgan fingerprint density at radius 3 is 2.82 bits per heavy atom. The van der Waals surface area contributed by atoms with Crippen molar-refractivity contribution >= 4 is 0 Å². The monoisotopic (exact) mass is 232 g/mol. The van der Waals surface area contributed by atoms with Crippen LogP contribution in [0.5, 0.6) is 5.75 Å². The first kappa shape index (κ1) is 11.6. The van der Waals surface area contributed by atoms with Crippen molar-refractivity contribution in [1.82, 2.24) is 10.1 Å². The van der Waals surface area contributed by atoms with E-state index in [1.165, 1.54) is 0 Å². The van der Waals surface area contributed by atoms with Crippen LogP contribution in [0.1, 0.15) is 43.5 Å². The smallest absolute Gasteiger partial charge is 0.231 e. The van der Waals surface area contributed by atoms with Gasteiger partial charge in [0.2, 0.25) is 5.89 Å². The molecule has 1 unspecified atom stereocenters. The molecule has 0 amide bonds. The molecular weight excluding hydrogens is 216 g/mol. The molecule has 0 radical (unpaired) electrons. The second-order valence-electron chi connectivity index (χ2n) is 4.16. The van der Waals surface area contributed by atoms with Crippen LogP contribution in [-0.2, 0) is 6.42 Å². The number of aromatic hydroxyl groups is 1. The van der Waals surface area contributed by atoms with E-state index in [4.69, 9.17) is 4.52 Å². The van der Waals surface area contributed by atoms with Crippen LogP contribution in [0.25, 0.3) is 0 Å². The Bertz CT molecular complexity index is 494. The SMILES string of the molecule is CCC(C)c1noc(Cc2ccccc2O)n1. The molecular formula is C13H16N2O2. The van der Waals surface area contributed by atoms with Crippen LogP contribution in [0.2, 0.25) is 0 Å². The lowest BCUT2D eigenvalue weighted by Crippen LogP contribution is -1.95. The predicted octanol–water partition coefficient (Wildman–Crippen LogP) is 2.88. The Morgan fingerprint density at radius 2 is 2.12 bits per heavy atom. The van der Waals surface area contributed by atoms with Gasteiger partial charge in [-0.15, -0.1) is 0 Å². The van der Waals surface area contributed by atoms with Gasteiger partial charge in [-0.1, -0.05) is 37.2 Å². The molecule has 1 heterocycles. The number of phenolic OH excluding ortho intramolecular Hbond substituents is 1. The molecule has 1 N–H and O–H groups in total. The van der Waals surface area contributed by atoms with Crippen molar-refractivity contribution in [3.8, 4) is 5.75 Å². The van der Waals surface area contributed by atoms with Crippen LogP contribution in [0.3, 0.4) is 0 Å². The number of nitrogens with zero attached hydrogens (tertiary/aromatic N) is 2. The summed E-state index contributed by atoms with van der Waals surface area (Å²) in [7, 11) is 0. The zero-order valence-electron chi connectivity index (χ0n) is 10.1. The van der Waals surface area contributed by atoms with Crippen molar-refractivity contribution in [1.29, 1.82) is 0 Å². The average molecular weight is 232 g/mol. The fraction of sp³-hybridized carbons (Fsp3) is 0.385. The van der Waals surface area contributed by atoms with Gasteiger partial charge in [-0.05, 0) is 12.5 Å². The largest absolute Gasteiger partial charge is 0.508 e. The normalized spacial score (nSPS) is 12.6. The molecule has 17 heavy (non-hydrogen) atoms. The first-order chi connectivity index (χ1) is 8.20. The molecule has 1 atom stereocenters. The van der Waals surface area contributed by atoms with Gasteiger partial charge in [0.05, 0.1) is 6.42 Å². The molecule has 4 nitrogen and oxygen atoms in total. The minimum absolute atomic E-state index is 0.260. The fourth-order valence-electron chi connectivity index (χ4n) is 1.55. The van der Waals surface area contributed by atoms with Crippen LogP contribution < -0.4 is 0 Å². The third kappa shape index (κ3) is 2.64. The average Bonchev–Trinajstić information content (AvgIpc) is 2.80. The van der Waals surface area contributed by atoms with Crippen LogP contribution in [0, 0.1) is 0 Å². The topological polar surface area (TPSA) is 59.2 Å². The number of phenols is 1. The first-order valence-electron chi connectivity index (χ1n) is 5.80. The molecule has 1 aromatic heterocycles. The zero-order chi connectivity index (χ0) is 12.3. The van der Waals surface area contributed by atoms with Crippen molar-refractivity contribution in [3.05, 3.63) is 41.5 Å². The van der Waals surface area contributed by atoms with E-state index in [1.807, 2.05) is 12.1 Å². The van der Waals surface area contributed by atoms with E-state index in [0.29, 0.717) is 18.2 Å². The Kier molecular flexibility index (Phi) is 3.42. The van der Waals surface area contributed by atoms with Gasteiger partial charge in [-0.2, -0.15) is 4.98 Å². The molecule has 90 valence electrons. The standard InChI is InChI=1S/C13H16N2O2/c1-3-9(2)13-14-12(17-15-13)8-10-6-4-5-7-11(10)16/h4-7,9,16H,3,8H2,1-2H3. The summed E-state index contributed by atoms with van der Waals surface area (Å²) in [6.07, 6.45) is 1.45. The number of hydrogen-bond donors (Lipinski definition) is 1. The van der Waals surface area contributed by atoms with Crippen molar-refractivity contribution in [2.45, 2.75) is 32.6 Å². The second-order valence-corrected chi connectivity index (χ2v) is 4.16. The Hall–Kier alpha value is -1.84. The highest BCUT2D eigenvalue weighted by Gasteiger charge is 2.13. The molecule has 0 bridgehead atoms. The van der Waals surface area contributed by atoms with E-state index >= 15 is 0 Å². The molecule has 4 heteroatoms. The van der Waals surface area contributed by atoms with E-state index in [-0.39, 0.29) is 5.75 Å². The summed E-state index contributed by atoms with van der Waals surface area (Å²) in [5, 5.41) is 13.6. The Labute approximate surface area is 100 Å². The van der Waals surface area contributed by atoms with Crippen molar-refractivity contribution in [3.63, 3.8) is 0 Å². The molecule has 0 spiro atoms. The predicted molar refractivity (Wildman–Crippen MR) is 63.9 cm³/mol. The van der Waals surface area contributed by atoms with Crippen LogP contribution in [0.15, 0.2) is 28.8 Å². The van der Waals surface area contributed by atoms with Gasteiger partial charge >= 0.3 is 0 Å². The van der Waals surface area contributed by atoms with Gasteiger partial charge in [0, 0.05) is 11.5 Å². The molecule has 0 aliphatic heterocycles. The zero-order valence-corrected chi connectivity index (χ0v) is 10.1. The minimum atomic E-state index is 0.260. The lowest BCUT2D eigenvalue weighted by molar-refractivity contribution is 0.374. The Balaban J connectivity index is 2.14. The summed E-state index contributed by atoms with van der Waals surface area (Å²) in [5.74, 6) is 1.84. The summed E-state index contributed by atoms with van der Waals surface area (Å²) >= 11 is 0. The molecule has 2 rings (SSSR count). The van der Waals surface area contributed by atoms with E-state index in [2.05, 4.69) is 24.0 Å². The summed E-state index contributed by atoms with van der Waals surface area (Å²) < 4.78 is 5.17. The first-order valence-corrected chi connectivity index (χ1v) is 5.80. The highest BCUT2D eigenvalue weighted by molar-refractivity contribution is 5.33. The third-order valence-electron chi connectivity index (χ3n) is 2.87. The number of benzene rings is 1. The Morgan fingerprint density at radius 1 is 1.35 bits per heavy atom. The van der Waals surface area contributed by atoms with E-state index in [0.717, 1.165) is 17.8 Å². The van der Waals surface area contributed by atoms with Gasteiger partial charge in [0.25, 0.3) is 0 Å². The number of aromatic nitrogens is 2. The van der Waals surface area contributed by atoms with Gasteiger partial charge in [0.15, 0.2) is 5.82 Å². The van der Waals surface area contributed by atoms with Crippen LogP contribution in [-0.4, -0.2) is 15.2 Å². The third-order valence-corrected chi connectivity index (χ3v) is 2.87. The molecule has 0 aliphatic rings. The van der Waals surface area contributed by atoms with Crippen LogP contribution in [0.4, 0.5) is 0 Å². The summed E-state index contributed by atoms with van der Waals surface area (Å²) in [6.45, 7) is 4.15. The van der Waals surface area contributed by atoms with Gasteiger partial charge < -0.3 is 9.63 Å². The number of hydrogen-bond acceptors (Lipinski definition) is 4. The summed E-state index contributed by atoms with van der Waals surface area (Å²) in [6, 6.07) is 7.17. The highest BCUT2D eigenvalue weighted by atomic mass is 16.5. The maximum atomic E-state index is 9.64. The van der Waals surface area contributed by atoms with Gasteiger partial charge in [-0.25, -0.2) is 0 Å². The van der Waals surface area contributed by atoms with E-state index in [9.17, 15) is 5.11 Å². The number of rotatable bonds is 4. The van der Waals surface area contributed by atoms with Crippen molar-refractivity contribution in [2.75, 3.05) is 0 Å².